The molecule has 0 fully saturated rings. The molecule has 1 heteroatoms. The van der Waals surface area contributed by atoms with Crippen LogP contribution < -0.4 is 4.74 Å². The van der Waals surface area contributed by atoms with Crippen molar-refractivity contribution in [2.75, 3.05) is 0 Å². The summed E-state index contributed by atoms with van der Waals surface area (Å²) in [5.41, 5.74) is 4.60. The van der Waals surface area contributed by atoms with Crippen LogP contribution in [0.2, 0.25) is 0 Å². The van der Waals surface area contributed by atoms with Gasteiger partial charge in [-0.25, -0.2) is 0 Å². The monoisotopic (exact) mass is 328 g/mol. The van der Waals surface area contributed by atoms with Crippen molar-refractivity contribution < 1.29 is 4.74 Å². The quantitative estimate of drug-likeness (QED) is 0.345. The zero-order chi connectivity index (χ0) is 18.1. The zero-order valence-electron chi connectivity index (χ0n) is 15.0. The van der Waals surface area contributed by atoms with Gasteiger partial charge >= 0.3 is 0 Å². The molecule has 0 amide bonds. The molecule has 25 heavy (non-hydrogen) atoms. The Morgan fingerprint density at radius 3 is 2.32 bits per heavy atom. The molecule has 0 atom stereocenters. The van der Waals surface area contributed by atoms with Crippen LogP contribution in [0.1, 0.15) is 30.5 Å². The van der Waals surface area contributed by atoms with Crippen molar-refractivity contribution in [1.29, 1.82) is 0 Å². The number of terminal acetylenes is 1. The van der Waals surface area contributed by atoms with Gasteiger partial charge in [-0.05, 0) is 54.7 Å². The maximum absolute atomic E-state index is 5.86. The Morgan fingerprint density at radius 2 is 1.72 bits per heavy atom. The van der Waals surface area contributed by atoms with Gasteiger partial charge < -0.3 is 4.74 Å². The van der Waals surface area contributed by atoms with Crippen molar-refractivity contribution in [3.8, 4) is 18.1 Å². The van der Waals surface area contributed by atoms with Crippen LogP contribution in [0.5, 0.6) is 5.75 Å². The number of allylic oxidation sites excluding steroid dienone is 4. The highest BCUT2D eigenvalue weighted by atomic mass is 16.5. The van der Waals surface area contributed by atoms with Gasteiger partial charge in [-0.1, -0.05) is 68.0 Å². The van der Waals surface area contributed by atoms with Crippen LogP contribution in [-0.2, 0) is 12.8 Å². The third kappa shape index (κ3) is 5.86. The normalized spacial score (nSPS) is 11.3. The summed E-state index contributed by atoms with van der Waals surface area (Å²) >= 11 is 0. The van der Waals surface area contributed by atoms with Crippen molar-refractivity contribution in [2.24, 2.45) is 0 Å². The average Bonchev–Trinajstić information content (AvgIpc) is 2.63. The van der Waals surface area contributed by atoms with Crippen molar-refractivity contribution >= 4 is 5.76 Å². The fourth-order valence-corrected chi connectivity index (χ4v) is 2.38. The summed E-state index contributed by atoms with van der Waals surface area (Å²) < 4.78 is 5.86. The molecule has 2 rings (SSSR count). The molecular weight excluding hydrogens is 304 g/mol. The molecule has 0 aliphatic rings. The van der Waals surface area contributed by atoms with Crippen LogP contribution in [0.25, 0.3) is 5.76 Å². The van der Waals surface area contributed by atoms with Gasteiger partial charge in [0.2, 0.25) is 0 Å². The van der Waals surface area contributed by atoms with E-state index in [0.29, 0.717) is 5.76 Å². The van der Waals surface area contributed by atoms with Gasteiger partial charge in [0.25, 0.3) is 0 Å². The van der Waals surface area contributed by atoms with Gasteiger partial charge in [-0.15, -0.1) is 6.42 Å². The third-order valence-corrected chi connectivity index (χ3v) is 3.89. The van der Waals surface area contributed by atoms with Crippen molar-refractivity contribution in [3.63, 3.8) is 0 Å². The van der Waals surface area contributed by atoms with Gasteiger partial charge in [0, 0.05) is 5.56 Å². The van der Waals surface area contributed by atoms with E-state index in [1.807, 2.05) is 37.3 Å². The first kappa shape index (κ1) is 18.4. The molecule has 0 heterocycles. The minimum atomic E-state index is 0.658. The molecular formula is C24H24O. The smallest absolute Gasteiger partial charge is 0.127 e. The second kappa shape index (κ2) is 9.35. The van der Waals surface area contributed by atoms with Crippen LogP contribution in [-0.4, -0.2) is 0 Å². The molecule has 2 aromatic rings. The molecule has 0 bridgehead atoms. The minimum absolute atomic E-state index is 0.658. The van der Waals surface area contributed by atoms with Crippen molar-refractivity contribution in [2.45, 2.75) is 26.7 Å². The Balaban J connectivity index is 1.94. The molecule has 0 spiro atoms. The highest BCUT2D eigenvalue weighted by molar-refractivity contribution is 5.60. The summed E-state index contributed by atoms with van der Waals surface area (Å²) in [6.07, 6.45) is 13.0. The Morgan fingerprint density at radius 1 is 1.08 bits per heavy atom. The molecule has 0 aliphatic carbocycles. The van der Waals surface area contributed by atoms with E-state index in [1.54, 1.807) is 6.08 Å². The SMILES string of the molecule is C#C/C=C(C)\C=C/Cc1ccc(OC(=C)c2ccc(CC)cc2)cc1. The molecule has 0 aromatic heterocycles. The lowest BCUT2D eigenvalue weighted by Crippen LogP contribution is -1.94. The molecule has 126 valence electrons. The fraction of sp³-hybridized carbons (Fsp3) is 0.167. The second-order valence-corrected chi connectivity index (χ2v) is 5.88. The van der Waals surface area contributed by atoms with Gasteiger partial charge in [-0.3, -0.25) is 0 Å². The topological polar surface area (TPSA) is 9.23 Å². The Bertz CT molecular complexity index is 797. The standard InChI is InChI=1S/C24H24O/c1-5-8-19(3)9-7-10-22-13-17-24(18-14-22)25-20(4)23-15-11-21(6-2)12-16-23/h1,7-9,11-18H,4,6,10H2,2-3H3/b9-7-,19-8-. The predicted molar refractivity (Wildman–Crippen MR) is 107 cm³/mol. The van der Waals surface area contributed by atoms with Crippen LogP contribution in [0, 0.1) is 12.3 Å². The molecule has 1 nitrogen and oxygen atoms in total. The van der Waals surface area contributed by atoms with E-state index in [-0.39, 0.29) is 0 Å². The van der Waals surface area contributed by atoms with E-state index in [4.69, 9.17) is 11.2 Å². The minimum Gasteiger partial charge on any atom is -0.457 e. The van der Waals surface area contributed by atoms with Crippen LogP contribution in [0.3, 0.4) is 0 Å². The van der Waals surface area contributed by atoms with E-state index in [1.165, 1.54) is 11.1 Å². The Kier molecular flexibility index (Phi) is 6.87. The summed E-state index contributed by atoms with van der Waals surface area (Å²) in [7, 11) is 0. The molecule has 0 radical (unpaired) electrons. The Labute approximate surface area is 151 Å². The number of aryl methyl sites for hydroxylation is 1. The molecule has 0 saturated carbocycles. The second-order valence-electron chi connectivity index (χ2n) is 5.88. The number of rotatable bonds is 7. The molecule has 0 saturated heterocycles. The largest absolute Gasteiger partial charge is 0.457 e. The van der Waals surface area contributed by atoms with E-state index in [9.17, 15) is 0 Å². The summed E-state index contributed by atoms with van der Waals surface area (Å²) in [5, 5.41) is 0. The summed E-state index contributed by atoms with van der Waals surface area (Å²) in [5.74, 6) is 3.97. The first-order chi connectivity index (χ1) is 12.1. The Hall–Kier alpha value is -2.98. The van der Waals surface area contributed by atoms with Gasteiger partial charge in [0.15, 0.2) is 0 Å². The number of benzene rings is 2. The number of ether oxygens (including phenoxy) is 1. The lowest BCUT2D eigenvalue weighted by Gasteiger charge is -2.10. The fourth-order valence-electron chi connectivity index (χ4n) is 2.38. The van der Waals surface area contributed by atoms with Crippen molar-refractivity contribution in [1.82, 2.24) is 0 Å². The average molecular weight is 328 g/mol. The summed E-state index contributed by atoms with van der Waals surface area (Å²) in [6.45, 7) is 8.16. The maximum Gasteiger partial charge on any atom is 0.127 e. The lowest BCUT2D eigenvalue weighted by atomic mass is 10.1. The van der Waals surface area contributed by atoms with Crippen LogP contribution in [0.4, 0.5) is 0 Å². The van der Waals surface area contributed by atoms with Gasteiger partial charge in [-0.2, -0.15) is 0 Å². The highest BCUT2D eigenvalue weighted by Gasteiger charge is 2.02. The number of hydrogen-bond acceptors (Lipinski definition) is 1. The lowest BCUT2D eigenvalue weighted by molar-refractivity contribution is 0.516. The van der Waals surface area contributed by atoms with E-state index < -0.39 is 0 Å². The van der Waals surface area contributed by atoms with E-state index in [2.05, 4.69) is 49.8 Å². The molecule has 0 aliphatic heterocycles. The maximum atomic E-state index is 5.86. The van der Waals surface area contributed by atoms with Gasteiger partial charge in [0.1, 0.15) is 11.5 Å². The zero-order valence-corrected chi connectivity index (χ0v) is 15.0. The van der Waals surface area contributed by atoms with Crippen molar-refractivity contribution in [3.05, 3.63) is 95.6 Å². The van der Waals surface area contributed by atoms with Crippen LogP contribution >= 0.6 is 0 Å². The number of hydrogen-bond donors (Lipinski definition) is 0. The molecule has 0 N–H and O–H groups in total. The van der Waals surface area contributed by atoms with Gasteiger partial charge in [0.05, 0.1) is 0 Å². The van der Waals surface area contributed by atoms with E-state index >= 15 is 0 Å². The first-order valence-corrected chi connectivity index (χ1v) is 8.47. The third-order valence-electron chi connectivity index (χ3n) is 3.89. The molecule has 2 aromatic carbocycles. The van der Waals surface area contributed by atoms with Crippen LogP contribution in [0.15, 0.2) is 78.9 Å². The summed E-state index contributed by atoms with van der Waals surface area (Å²) in [4.78, 5) is 0. The highest BCUT2D eigenvalue weighted by Crippen LogP contribution is 2.21. The van der Waals surface area contributed by atoms with E-state index in [0.717, 1.165) is 29.7 Å². The summed E-state index contributed by atoms with van der Waals surface area (Å²) in [6, 6.07) is 16.4. The first-order valence-electron chi connectivity index (χ1n) is 8.47. The molecule has 0 unspecified atom stereocenters. The predicted octanol–water partition coefficient (Wildman–Crippen LogP) is 5.98.